The molecule has 0 aliphatic rings. The van der Waals surface area contributed by atoms with E-state index in [2.05, 4.69) is 10.6 Å². The largest absolute Gasteiger partial charge is 0.495 e. The Hall–Kier alpha value is -1.59. The number of carbonyl (C=O) groups is 1. The zero-order chi connectivity index (χ0) is 13.6. The van der Waals surface area contributed by atoms with Gasteiger partial charge in [0.25, 0.3) is 0 Å². The molecular weight excluding hydrogens is 232 g/mol. The van der Waals surface area contributed by atoms with Crippen LogP contribution in [0.1, 0.15) is 13.8 Å². The Bertz CT molecular complexity index is 399. The maximum absolute atomic E-state index is 11.7. The molecule has 0 atom stereocenters. The number of amides is 1. The number of nitrogens with one attached hydrogen (secondary N) is 2. The summed E-state index contributed by atoms with van der Waals surface area (Å²) in [5.41, 5.74) is -0.194. The van der Waals surface area contributed by atoms with Crippen LogP contribution in [-0.2, 0) is 4.79 Å². The average Bonchev–Trinajstić information content (AvgIpc) is 2.28. The molecule has 1 aromatic carbocycles. The van der Waals surface area contributed by atoms with Gasteiger partial charge in [0.15, 0.2) is 0 Å². The molecule has 0 aliphatic carbocycles. The quantitative estimate of drug-likeness (QED) is 0.706. The van der Waals surface area contributed by atoms with Gasteiger partial charge in [0.1, 0.15) is 5.75 Å². The molecule has 18 heavy (non-hydrogen) atoms. The highest BCUT2D eigenvalue weighted by atomic mass is 16.5. The normalized spacial score (nSPS) is 11.1. The van der Waals surface area contributed by atoms with Gasteiger partial charge in [-0.1, -0.05) is 12.1 Å². The number of methoxy groups -OCH3 is 1. The van der Waals surface area contributed by atoms with Crippen LogP contribution in [0.25, 0.3) is 0 Å². The summed E-state index contributed by atoms with van der Waals surface area (Å²) in [6.45, 7) is 3.85. The van der Waals surface area contributed by atoms with Gasteiger partial charge >= 0.3 is 0 Å². The van der Waals surface area contributed by atoms with E-state index in [0.717, 1.165) is 0 Å². The molecule has 0 spiro atoms. The van der Waals surface area contributed by atoms with Crippen LogP contribution < -0.4 is 15.4 Å². The van der Waals surface area contributed by atoms with Crippen LogP contribution in [0.4, 0.5) is 5.69 Å². The van der Waals surface area contributed by atoms with E-state index in [1.807, 2.05) is 12.1 Å². The van der Waals surface area contributed by atoms with Gasteiger partial charge in [0.05, 0.1) is 24.9 Å². The first-order valence-corrected chi connectivity index (χ1v) is 5.78. The Morgan fingerprint density at radius 2 is 2.06 bits per heavy atom. The summed E-state index contributed by atoms with van der Waals surface area (Å²) in [5.74, 6) is 0.442. The maximum Gasteiger partial charge on any atom is 0.238 e. The fraction of sp³-hybridized carbons (Fsp3) is 0.462. The van der Waals surface area contributed by atoms with Crippen LogP contribution in [0, 0.1) is 0 Å². The molecular formula is C13H20N2O3. The van der Waals surface area contributed by atoms with Crippen molar-refractivity contribution in [3.05, 3.63) is 24.3 Å². The van der Waals surface area contributed by atoms with Crippen LogP contribution in [0.2, 0.25) is 0 Å². The molecule has 1 amide bonds. The molecule has 0 aromatic heterocycles. The van der Waals surface area contributed by atoms with Crippen molar-refractivity contribution in [3.8, 4) is 5.75 Å². The second kappa shape index (κ2) is 6.37. The number of ether oxygens (including phenoxy) is 1. The summed E-state index contributed by atoms with van der Waals surface area (Å²) < 4.78 is 5.13. The maximum atomic E-state index is 11.7. The predicted molar refractivity (Wildman–Crippen MR) is 70.8 cm³/mol. The van der Waals surface area contributed by atoms with Crippen LogP contribution in [0.15, 0.2) is 24.3 Å². The van der Waals surface area contributed by atoms with E-state index >= 15 is 0 Å². The molecule has 0 unspecified atom stereocenters. The van der Waals surface area contributed by atoms with Crippen LogP contribution in [0.3, 0.4) is 0 Å². The summed E-state index contributed by atoms with van der Waals surface area (Å²) >= 11 is 0. The lowest BCUT2D eigenvalue weighted by atomic mass is 10.1. The summed E-state index contributed by atoms with van der Waals surface area (Å²) in [6, 6.07) is 7.20. The monoisotopic (exact) mass is 252 g/mol. The van der Waals surface area contributed by atoms with E-state index in [-0.39, 0.29) is 12.5 Å². The molecule has 1 aromatic rings. The third-order valence-electron chi connectivity index (χ3n) is 2.22. The van der Waals surface area contributed by atoms with E-state index < -0.39 is 5.60 Å². The molecule has 1 rings (SSSR count). The van der Waals surface area contributed by atoms with Gasteiger partial charge in [-0.25, -0.2) is 0 Å². The fourth-order valence-corrected chi connectivity index (χ4v) is 1.42. The SMILES string of the molecule is COc1ccccc1NC(=O)CNCC(C)(C)O. The number of hydrogen-bond acceptors (Lipinski definition) is 4. The fourth-order valence-electron chi connectivity index (χ4n) is 1.42. The van der Waals surface area contributed by atoms with Gasteiger partial charge < -0.3 is 20.5 Å². The second-order valence-corrected chi connectivity index (χ2v) is 4.66. The number of anilines is 1. The summed E-state index contributed by atoms with van der Waals surface area (Å²) in [4.78, 5) is 11.7. The highest BCUT2D eigenvalue weighted by Crippen LogP contribution is 2.22. The Morgan fingerprint density at radius 1 is 1.39 bits per heavy atom. The topological polar surface area (TPSA) is 70.6 Å². The number of benzene rings is 1. The lowest BCUT2D eigenvalue weighted by Crippen LogP contribution is -2.38. The summed E-state index contributed by atoms with van der Waals surface area (Å²) in [7, 11) is 1.55. The highest BCUT2D eigenvalue weighted by Gasteiger charge is 2.12. The highest BCUT2D eigenvalue weighted by molar-refractivity contribution is 5.93. The van der Waals surface area contributed by atoms with Gasteiger partial charge in [0, 0.05) is 6.54 Å². The number of hydrogen-bond donors (Lipinski definition) is 3. The van der Waals surface area contributed by atoms with Crippen LogP contribution >= 0.6 is 0 Å². The molecule has 0 radical (unpaired) electrons. The van der Waals surface area contributed by atoms with E-state index in [1.54, 1.807) is 33.1 Å². The zero-order valence-electron chi connectivity index (χ0n) is 11.0. The molecule has 0 heterocycles. The molecule has 5 nitrogen and oxygen atoms in total. The molecule has 5 heteroatoms. The smallest absolute Gasteiger partial charge is 0.238 e. The van der Waals surface area contributed by atoms with Crippen LogP contribution in [-0.4, -0.2) is 36.8 Å². The van der Waals surface area contributed by atoms with Gasteiger partial charge in [-0.05, 0) is 26.0 Å². The first-order chi connectivity index (χ1) is 8.42. The summed E-state index contributed by atoms with van der Waals surface area (Å²) in [6.07, 6.45) is 0. The Morgan fingerprint density at radius 3 is 2.67 bits per heavy atom. The standard InChI is InChI=1S/C13H20N2O3/c1-13(2,17)9-14-8-12(16)15-10-6-4-5-7-11(10)18-3/h4-7,14,17H,8-9H2,1-3H3,(H,15,16). The van der Waals surface area contributed by atoms with Gasteiger partial charge in [-0.3, -0.25) is 4.79 Å². The van der Waals surface area contributed by atoms with Gasteiger partial charge in [-0.2, -0.15) is 0 Å². The Balaban J connectivity index is 2.45. The molecule has 0 bridgehead atoms. The van der Waals surface area contributed by atoms with Crippen molar-refractivity contribution in [2.45, 2.75) is 19.4 Å². The first kappa shape index (κ1) is 14.5. The lowest BCUT2D eigenvalue weighted by Gasteiger charge is -2.17. The number of carbonyl (C=O) groups excluding carboxylic acids is 1. The van der Waals surface area contributed by atoms with Gasteiger partial charge in [0.2, 0.25) is 5.91 Å². The lowest BCUT2D eigenvalue weighted by molar-refractivity contribution is -0.115. The molecule has 100 valence electrons. The molecule has 0 aliphatic heterocycles. The number of para-hydroxylation sites is 2. The van der Waals surface area contributed by atoms with Crippen molar-refractivity contribution in [1.82, 2.24) is 5.32 Å². The Kier molecular flexibility index (Phi) is 5.12. The van der Waals surface area contributed by atoms with Crippen molar-refractivity contribution in [2.24, 2.45) is 0 Å². The van der Waals surface area contributed by atoms with Gasteiger partial charge in [-0.15, -0.1) is 0 Å². The predicted octanol–water partition coefficient (Wildman–Crippen LogP) is 0.994. The van der Waals surface area contributed by atoms with E-state index in [0.29, 0.717) is 18.0 Å². The molecule has 0 saturated carbocycles. The minimum Gasteiger partial charge on any atom is -0.495 e. The number of aliphatic hydroxyl groups is 1. The van der Waals surface area contributed by atoms with Crippen molar-refractivity contribution in [2.75, 3.05) is 25.5 Å². The van der Waals surface area contributed by atoms with E-state index in [1.165, 1.54) is 0 Å². The van der Waals surface area contributed by atoms with Crippen molar-refractivity contribution in [1.29, 1.82) is 0 Å². The van der Waals surface area contributed by atoms with Crippen molar-refractivity contribution < 1.29 is 14.6 Å². The number of rotatable bonds is 6. The minimum absolute atomic E-state index is 0.141. The second-order valence-electron chi connectivity index (χ2n) is 4.66. The van der Waals surface area contributed by atoms with E-state index in [9.17, 15) is 9.90 Å². The average molecular weight is 252 g/mol. The summed E-state index contributed by atoms with van der Waals surface area (Å²) in [5, 5.41) is 15.1. The first-order valence-electron chi connectivity index (χ1n) is 5.78. The van der Waals surface area contributed by atoms with Crippen molar-refractivity contribution >= 4 is 11.6 Å². The van der Waals surface area contributed by atoms with Crippen molar-refractivity contribution in [3.63, 3.8) is 0 Å². The molecule has 0 saturated heterocycles. The third kappa shape index (κ3) is 5.16. The third-order valence-corrected chi connectivity index (χ3v) is 2.22. The van der Waals surface area contributed by atoms with E-state index in [4.69, 9.17) is 4.74 Å². The molecule has 0 fully saturated rings. The minimum atomic E-state index is -0.829. The Labute approximate surface area is 107 Å². The van der Waals surface area contributed by atoms with Crippen LogP contribution in [0.5, 0.6) is 5.75 Å². The molecule has 3 N–H and O–H groups in total. The zero-order valence-corrected chi connectivity index (χ0v) is 11.0.